The molecule has 0 spiro atoms. The number of aryl methyl sites for hydroxylation is 1. The quantitative estimate of drug-likeness (QED) is 0.693. The van der Waals surface area contributed by atoms with E-state index in [1.807, 2.05) is 32.9 Å². The number of nitrogens with zero attached hydrogens (tertiary/aromatic N) is 1. The molecule has 2 N–H and O–H groups in total. The van der Waals surface area contributed by atoms with Crippen LogP contribution in [0.4, 0.5) is 5.69 Å². The minimum absolute atomic E-state index is 0.0666. The number of benzene rings is 2. The fourth-order valence-corrected chi connectivity index (χ4v) is 5.30. The Balaban J connectivity index is 1.76. The maximum Gasteiger partial charge on any atom is 0.262 e. The molecule has 33 heavy (non-hydrogen) atoms. The van der Waals surface area contributed by atoms with Gasteiger partial charge in [-0.3, -0.25) is 14.3 Å². The molecule has 2 aromatic carbocycles. The zero-order chi connectivity index (χ0) is 24.4. The van der Waals surface area contributed by atoms with Crippen LogP contribution in [0.25, 0.3) is 0 Å². The Labute approximate surface area is 196 Å². The van der Waals surface area contributed by atoms with Gasteiger partial charge in [0.25, 0.3) is 15.9 Å². The first-order valence-corrected chi connectivity index (χ1v) is 12.7. The molecule has 0 aliphatic carbocycles. The second-order valence-corrected chi connectivity index (χ2v) is 11.3. The van der Waals surface area contributed by atoms with E-state index in [1.165, 1.54) is 6.92 Å². The van der Waals surface area contributed by atoms with Crippen LogP contribution in [0.1, 0.15) is 62.0 Å². The summed E-state index contributed by atoms with van der Waals surface area (Å²) in [5.74, 6) is -0.216. The molecule has 0 bridgehead atoms. The van der Waals surface area contributed by atoms with Crippen LogP contribution in [-0.4, -0.2) is 44.3 Å². The number of nitrogens with one attached hydrogen (secondary N) is 2. The van der Waals surface area contributed by atoms with Crippen molar-refractivity contribution in [2.75, 3.05) is 17.8 Å². The third-order valence-corrected chi connectivity index (χ3v) is 7.42. The monoisotopic (exact) mass is 471 g/mol. The van der Waals surface area contributed by atoms with E-state index in [1.54, 1.807) is 42.2 Å². The molecule has 0 radical (unpaired) electrons. The van der Waals surface area contributed by atoms with Crippen molar-refractivity contribution in [1.29, 1.82) is 0 Å². The van der Waals surface area contributed by atoms with Crippen molar-refractivity contribution in [3.8, 4) is 0 Å². The predicted molar refractivity (Wildman–Crippen MR) is 130 cm³/mol. The van der Waals surface area contributed by atoms with Crippen LogP contribution in [0.15, 0.2) is 47.4 Å². The van der Waals surface area contributed by atoms with Crippen molar-refractivity contribution in [2.24, 2.45) is 0 Å². The lowest BCUT2D eigenvalue weighted by Crippen LogP contribution is -2.46. The van der Waals surface area contributed by atoms with Gasteiger partial charge in [-0.2, -0.15) is 0 Å². The largest absolute Gasteiger partial charge is 0.353 e. The Hall–Kier alpha value is -2.87. The number of carbonyl (C=O) groups is 2. The van der Waals surface area contributed by atoms with Gasteiger partial charge >= 0.3 is 0 Å². The molecule has 2 aromatic rings. The van der Waals surface area contributed by atoms with E-state index in [2.05, 4.69) is 10.0 Å². The van der Waals surface area contributed by atoms with Gasteiger partial charge in [0.05, 0.1) is 4.90 Å². The summed E-state index contributed by atoms with van der Waals surface area (Å²) in [6.07, 6.45) is 1.39. The standard InChI is InChI=1S/C25H33N3O4S/c1-17-9-10-20(25(3,4)5)16-23(17)33(31,32)27-22-8-6-7-19(15-22)24(30)28-13-11-21(12-14-28)26-18(2)29/h6-10,15-16,21,27H,11-14H2,1-5H3,(H,26,29). The van der Waals surface area contributed by atoms with E-state index >= 15 is 0 Å². The first-order valence-electron chi connectivity index (χ1n) is 11.2. The highest BCUT2D eigenvalue weighted by molar-refractivity contribution is 7.92. The predicted octanol–water partition coefficient (Wildman–Crippen LogP) is 3.83. The molecule has 3 rings (SSSR count). The summed E-state index contributed by atoms with van der Waals surface area (Å²) in [7, 11) is -3.83. The molecule has 0 aromatic heterocycles. The lowest BCUT2D eigenvalue weighted by atomic mass is 9.87. The summed E-state index contributed by atoms with van der Waals surface area (Å²) in [6.45, 7) is 10.5. The van der Waals surface area contributed by atoms with Crippen molar-refractivity contribution in [1.82, 2.24) is 10.2 Å². The molecule has 1 heterocycles. The van der Waals surface area contributed by atoms with Gasteiger partial charge in [0.1, 0.15) is 0 Å². The number of hydrogen-bond acceptors (Lipinski definition) is 4. The third-order valence-electron chi connectivity index (χ3n) is 5.89. The Morgan fingerprint density at radius 2 is 1.70 bits per heavy atom. The molecular formula is C25H33N3O4S. The minimum atomic E-state index is -3.83. The maximum absolute atomic E-state index is 13.2. The summed E-state index contributed by atoms with van der Waals surface area (Å²) < 4.78 is 29.0. The molecule has 1 fully saturated rings. The molecule has 2 amide bonds. The molecule has 0 atom stereocenters. The number of likely N-dealkylation sites (tertiary alicyclic amines) is 1. The second-order valence-electron chi connectivity index (χ2n) is 9.68. The van der Waals surface area contributed by atoms with Gasteiger partial charge in [-0.25, -0.2) is 8.42 Å². The summed E-state index contributed by atoms with van der Waals surface area (Å²) in [5, 5.41) is 2.90. The zero-order valence-corrected chi connectivity index (χ0v) is 20.8. The maximum atomic E-state index is 13.2. The van der Waals surface area contributed by atoms with Gasteiger partial charge in [-0.15, -0.1) is 0 Å². The third kappa shape index (κ3) is 6.13. The summed E-state index contributed by atoms with van der Waals surface area (Å²) in [4.78, 5) is 26.2. The van der Waals surface area contributed by atoms with E-state index in [0.29, 0.717) is 42.7 Å². The van der Waals surface area contributed by atoms with Gasteiger partial charge in [-0.1, -0.05) is 39.0 Å². The minimum Gasteiger partial charge on any atom is -0.353 e. The molecule has 1 saturated heterocycles. The molecule has 0 saturated carbocycles. The Bertz CT molecular complexity index is 1140. The molecule has 178 valence electrons. The number of carbonyl (C=O) groups excluding carboxylic acids is 2. The normalized spacial score (nSPS) is 15.2. The highest BCUT2D eigenvalue weighted by atomic mass is 32.2. The van der Waals surface area contributed by atoms with Crippen LogP contribution in [0.5, 0.6) is 0 Å². The lowest BCUT2D eigenvalue weighted by Gasteiger charge is -2.32. The lowest BCUT2D eigenvalue weighted by molar-refractivity contribution is -0.119. The summed E-state index contributed by atoms with van der Waals surface area (Å²) in [6, 6.07) is 12.1. The smallest absolute Gasteiger partial charge is 0.262 e. The summed E-state index contributed by atoms with van der Waals surface area (Å²) >= 11 is 0. The van der Waals surface area contributed by atoms with Crippen LogP contribution in [0, 0.1) is 6.92 Å². The number of piperidine rings is 1. The van der Waals surface area contributed by atoms with Crippen molar-refractivity contribution in [2.45, 2.75) is 63.8 Å². The van der Waals surface area contributed by atoms with E-state index in [0.717, 1.165) is 5.56 Å². The van der Waals surface area contributed by atoms with Crippen LogP contribution in [-0.2, 0) is 20.2 Å². The molecular weight excluding hydrogens is 438 g/mol. The molecule has 1 aliphatic heterocycles. The summed E-state index contributed by atoms with van der Waals surface area (Å²) in [5.41, 5.74) is 2.17. The second kappa shape index (κ2) is 9.55. The average molecular weight is 472 g/mol. The van der Waals surface area contributed by atoms with E-state index in [9.17, 15) is 18.0 Å². The Kier molecular flexibility index (Phi) is 7.17. The fraction of sp³-hybridized carbons (Fsp3) is 0.440. The van der Waals surface area contributed by atoms with Gasteiger partial charge in [0.15, 0.2) is 0 Å². The van der Waals surface area contributed by atoms with Crippen LogP contribution >= 0.6 is 0 Å². The Morgan fingerprint density at radius 3 is 2.30 bits per heavy atom. The fourth-order valence-electron chi connectivity index (χ4n) is 3.98. The van der Waals surface area contributed by atoms with Gasteiger partial charge in [0.2, 0.25) is 5.91 Å². The van der Waals surface area contributed by atoms with Crippen LogP contribution < -0.4 is 10.0 Å². The Morgan fingerprint density at radius 1 is 1.03 bits per heavy atom. The zero-order valence-electron chi connectivity index (χ0n) is 19.9. The topological polar surface area (TPSA) is 95.6 Å². The van der Waals surface area contributed by atoms with Crippen molar-refractivity contribution in [3.05, 3.63) is 59.2 Å². The van der Waals surface area contributed by atoms with Crippen molar-refractivity contribution < 1.29 is 18.0 Å². The number of amides is 2. The first kappa shape index (κ1) is 24.8. The molecule has 0 unspecified atom stereocenters. The average Bonchev–Trinajstić information content (AvgIpc) is 2.72. The van der Waals surface area contributed by atoms with Crippen molar-refractivity contribution in [3.63, 3.8) is 0 Å². The van der Waals surface area contributed by atoms with Gasteiger partial charge in [-0.05, 0) is 60.6 Å². The van der Waals surface area contributed by atoms with Crippen LogP contribution in [0.3, 0.4) is 0 Å². The van der Waals surface area contributed by atoms with Gasteiger partial charge < -0.3 is 10.2 Å². The van der Waals surface area contributed by atoms with Crippen LogP contribution in [0.2, 0.25) is 0 Å². The SMILES string of the molecule is CC(=O)NC1CCN(C(=O)c2cccc(NS(=O)(=O)c3cc(C(C)(C)C)ccc3C)c2)CC1. The number of anilines is 1. The first-order chi connectivity index (χ1) is 15.4. The molecule has 7 nitrogen and oxygen atoms in total. The number of hydrogen-bond donors (Lipinski definition) is 2. The number of rotatable bonds is 5. The van der Waals surface area contributed by atoms with Gasteiger partial charge in [0, 0.05) is 37.3 Å². The van der Waals surface area contributed by atoms with E-state index in [4.69, 9.17) is 0 Å². The molecule has 1 aliphatic rings. The number of sulfonamides is 1. The van der Waals surface area contributed by atoms with E-state index in [-0.39, 0.29) is 28.2 Å². The van der Waals surface area contributed by atoms with Crippen molar-refractivity contribution >= 4 is 27.5 Å². The highest BCUT2D eigenvalue weighted by Gasteiger charge is 2.25. The highest BCUT2D eigenvalue weighted by Crippen LogP contribution is 2.28. The molecule has 8 heteroatoms. The van der Waals surface area contributed by atoms with E-state index < -0.39 is 10.0 Å².